The highest BCUT2D eigenvalue weighted by atomic mass is 16.6. The molecule has 0 saturated carbocycles. The second kappa shape index (κ2) is 4.47. The first-order valence-corrected chi connectivity index (χ1v) is 4.21. The third-order valence-corrected chi connectivity index (χ3v) is 1.98. The van der Waals surface area contributed by atoms with Crippen molar-refractivity contribution < 1.29 is 29.5 Å². The van der Waals surface area contributed by atoms with Crippen molar-refractivity contribution in [1.29, 1.82) is 0 Å². The molecule has 0 unspecified atom stereocenters. The van der Waals surface area contributed by atoms with Crippen LogP contribution in [-0.2, 0) is 0 Å². The maximum Gasteiger partial charge on any atom is 0.342 e. The Morgan fingerprint density at radius 3 is 2.12 bits per heavy atom. The molecule has 0 radical (unpaired) electrons. The fourth-order valence-corrected chi connectivity index (χ4v) is 1.23. The Bertz CT molecular complexity index is 508. The number of carboxylic acid groups (broad SMARTS) is 2. The number of ether oxygens (including phenoxy) is 1. The molecular weight excluding hydrogens is 234 g/mol. The van der Waals surface area contributed by atoms with Crippen LogP contribution >= 0.6 is 0 Å². The Balaban J connectivity index is 3.59. The molecule has 0 spiro atoms. The van der Waals surface area contributed by atoms with Crippen molar-refractivity contribution in [3.05, 3.63) is 33.4 Å². The van der Waals surface area contributed by atoms with Gasteiger partial charge in [0, 0.05) is 12.1 Å². The molecule has 0 aliphatic carbocycles. The quantitative estimate of drug-likeness (QED) is 0.594. The van der Waals surface area contributed by atoms with Crippen LogP contribution in [0.4, 0.5) is 5.69 Å². The summed E-state index contributed by atoms with van der Waals surface area (Å²) in [6.07, 6.45) is 0. The van der Waals surface area contributed by atoms with Gasteiger partial charge in [-0.05, 0) is 0 Å². The number of methoxy groups -OCH3 is 1. The zero-order chi connectivity index (χ0) is 13.2. The van der Waals surface area contributed by atoms with Crippen LogP contribution in [0.25, 0.3) is 0 Å². The monoisotopic (exact) mass is 241 g/mol. The maximum absolute atomic E-state index is 10.8. The van der Waals surface area contributed by atoms with Crippen molar-refractivity contribution in [3.8, 4) is 5.75 Å². The second-order valence-electron chi connectivity index (χ2n) is 2.94. The smallest absolute Gasteiger partial charge is 0.342 e. The number of aromatic carboxylic acids is 2. The van der Waals surface area contributed by atoms with E-state index in [1.807, 2.05) is 0 Å². The van der Waals surface area contributed by atoms with Crippen LogP contribution in [0.2, 0.25) is 0 Å². The molecule has 0 aliphatic rings. The number of rotatable bonds is 4. The number of nitro benzene ring substituents is 1. The van der Waals surface area contributed by atoms with E-state index in [-0.39, 0.29) is 5.75 Å². The SMILES string of the molecule is COc1cc(C(=O)O)c([N+](=O)[O-])cc1C(=O)O. The Hall–Kier alpha value is -2.64. The molecule has 0 heterocycles. The number of benzene rings is 1. The van der Waals surface area contributed by atoms with Gasteiger partial charge >= 0.3 is 11.9 Å². The number of nitrogens with zero attached hydrogens (tertiary/aromatic N) is 1. The molecule has 17 heavy (non-hydrogen) atoms. The normalized spacial score (nSPS) is 9.71. The molecule has 8 nitrogen and oxygen atoms in total. The Morgan fingerprint density at radius 1 is 1.24 bits per heavy atom. The van der Waals surface area contributed by atoms with E-state index in [9.17, 15) is 19.7 Å². The summed E-state index contributed by atoms with van der Waals surface area (Å²) in [6.45, 7) is 0. The van der Waals surface area contributed by atoms with Gasteiger partial charge < -0.3 is 14.9 Å². The minimum absolute atomic E-state index is 0.250. The first kappa shape index (κ1) is 12.4. The van der Waals surface area contributed by atoms with Crippen molar-refractivity contribution in [1.82, 2.24) is 0 Å². The lowest BCUT2D eigenvalue weighted by Gasteiger charge is -2.06. The molecule has 0 fully saturated rings. The molecule has 90 valence electrons. The van der Waals surface area contributed by atoms with Gasteiger partial charge in [0.15, 0.2) is 0 Å². The van der Waals surface area contributed by atoms with Crippen LogP contribution in [0.5, 0.6) is 5.75 Å². The average molecular weight is 241 g/mol. The number of hydrogen-bond donors (Lipinski definition) is 2. The summed E-state index contributed by atoms with van der Waals surface area (Å²) < 4.78 is 4.67. The van der Waals surface area contributed by atoms with Crippen LogP contribution in [0.1, 0.15) is 20.7 Å². The van der Waals surface area contributed by atoms with Gasteiger partial charge in [0.25, 0.3) is 5.69 Å². The van der Waals surface area contributed by atoms with Crippen LogP contribution in [0.15, 0.2) is 12.1 Å². The number of carboxylic acids is 2. The van der Waals surface area contributed by atoms with Crippen molar-refractivity contribution in [2.45, 2.75) is 0 Å². The predicted molar refractivity (Wildman–Crippen MR) is 53.6 cm³/mol. The predicted octanol–water partition coefficient (Wildman–Crippen LogP) is 1.000. The summed E-state index contributed by atoms with van der Waals surface area (Å²) in [4.78, 5) is 31.2. The van der Waals surface area contributed by atoms with Crippen molar-refractivity contribution in [2.75, 3.05) is 7.11 Å². The van der Waals surface area contributed by atoms with E-state index in [0.29, 0.717) is 6.07 Å². The first-order chi connectivity index (χ1) is 7.88. The molecule has 2 N–H and O–H groups in total. The van der Waals surface area contributed by atoms with Crippen molar-refractivity contribution in [2.24, 2.45) is 0 Å². The molecule has 0 aromatic heterocycles. The van der Waals surface area contributed by atoms with E-state index < -0.39 is 33.7 Å². The highest BCUT2D eigenvalue weighted by molar-refractivity contribution is 5.98. The van der Waals surface area contributed by atoms with E-state index >= 15 is 0 Å². The number of hydrogen-bond acceptors (Lipinski definition) is 5. The van der Waals surface area contributed by atoms with Crippen LogP contribution in [0, 0.1) is 10.1 Å². The summed E-state index contributed by atoms with van der Waals surface area (Å²) in [5, 5.41) is 28.1. The number of carbonyl (C=O) groups is 2. The molecular formula is C9H7NO7. The zero-order valence-corrected chi connectivity index (χ0v) is 8.54. The molecule has 1 rings (SSSR count). The minimum Gasteiger partial charge on any atom is -0.496 e. The molecule has 8 heteroatoms. The fraction of sp³-hybridized carbons (Fsp3) is 0.111. The van der Waals surface area contributed by atoms with Crippen molar-refractivity contribution in [3.63, 3.8) is 0 Å². The molecule has 1 aromatic rings. The highest BCUT2D eigenvalue weighted by Gasteiger charge is 2.25. The zero-order valence-electron chi connectivity index (χ0n) is 8.54. The van der Waals surface area contributed by atoms with E-state index in [4.69, 9.17) is 10.2 Å². The van der Waals surface area contributed by atoms with Crippen molar-refractivity contribution >= 4 is 17.6 Å². The lowest BCUT2D eigenvalue weighted by Crippen LogP contribution is -2.08. The molecule has 0 aliphatic heterocycles. The maximum atomic E-state index is 10.8. The molecule has 0 amide bonds. The summed E-state index contributed by atoms with van der Waals surface area (Å²) in [6, 6.07) is 1.47. The van der Waals surface area contributed by atoms with E-state index in [2.05, 4.69) is 4.74 Å². The van der Waals surface area contributed by atoms with E-state index in [0.717, 1.165) is 13.2 Å². The van der Waals surface area contributed by atoms with Crippen LogP contribution < -0.4 is 4.74 Å². The molecule has 1 aromatic carbocycles. The highest BCUT2D eigenvalue weighted by Crippen LogP contribution is 2.28. The standard InChI is InChI=1S/C9H7NO7/c1-17-7-3-4(8(11)12)6(10(15)16)2-5(7)9(13)14/h2-3H,1H3,(H,11,12)(H,13,14). The lowest BCUT2D eigenvalue weighted by molar-refractivity contribution is -0.385. The first-order valence-electron chi connectivity index (χ1n) is 4.21. The summed E-state index contributed by atoms with van der Waals surface area (Å²) in [5.74, 6) is -3.23. The topological polar surface area (TPSA) is 127 Å². The summed E-state index contributed by atoms with van der Waals surface area (Å²) >= 11 is 0. The van der Waals surface area contributed by atoms with Gasteiger partial charge in [-0.1, -0.05) is 0 Å². The van der Waals surface area contributed by atoms with Gasteiger partial charge in [0.1, 0.15) is 16.9 Å². The minimum atomic E-state index is -1.54. The van der Waals surface area contributed by atoms with E-state index in [1.54, 1.807) is 0 Å². The lowest BCUT2D eigenvalue weighted by atomic mass is 10.1. The van der Waals surface area contributed by atoms with Gasteiger partial charge in [-0.2, -0.15) is 0 Å². The van der Waals surface area contributed by atoms with Crippen LogP contribution in [-0.4, -0.2) is 34.2 Å². The third-order valence-electron chi connectivity index (χ3n) is 1.98. The number of nitro groups is 1. The fourth-order valence-electron chi connectivity index (χ4n) is 1.23. The van der Waals surface area contributed by atoms with Gasteiger partial charge in [-0.25, -0.2) is 9.59 Å². The molecule has 0 atom stereocenters. The average Bonchev–Trinajstić information content (AvgIpc) is 2.26. The molecule has 0 saturated heterocycles. The van der Waals surface area contributed by atoms with Gasteiger partial charge in [-0.15, -0.1) is 0 Å². The van der Waals surface area contributed by atoms with Gasteiger partial charge in [0.05, 0.1) is 12.0 Å². The van der Waals surface area contributed by atoms with Crippen LogP contribution in [0.3, 0.4) is 0 Å². The molecule has 0 bridgehead atoms. The van der Waals surface area contributed by atoms with Gasteiger partial charge in [-0.3, -0.25) is 10.1 Å². The summed E-state index contributed by atoms with van der Waals surface area (Å²) in [7, 11) is 1.14. The third kappa shape index (κ3) is 2.30. The summed E-state index contributed by atoms with van der Waals surface area (Å²) in [5.41, 5.74) is -1.89. The Kier molecular flexibility index (Phi) is 3.27. The van der Waals surface area contributed by atoms with E-state index in [1.165, 1.54) is 0 Å². The largest absolute Gasteiger partial charge is 0.496 e. The Morgan fingerprint density at radius 2 is 1.76 bits per heavy atom. The van der Waals surface area contributed by atoms with Gasteiger partial charge in [0.2, 0.25) is 0 Å². The Labute approximate surface area is 94.2 Å². The second-order valence-corrected chi connectivity index (χ2v) is 2.94.